The second-order valence-electron chi connectivity index (χ2n) is 8.08. The Kier molecular flexibility index (Phi) is 6.42. The number of aromatic amines is 1. The Balaban J connectivity index is 1.31. The first-order valence-corrected chi connectivity index (χ1v) is 11.2. The van der Waals surface area contributed by atoms with Gasteiger partial charge in [-0.05, 0) is 66.2 Å². The predicted octanol–water partition coefficient (Wildman–Crippen LogP) is 6.29. The minimum Gasteiger partial charge on any atom is -0.365 e. The van der Waals surface area contributed by atoms with E-state index in [1.807, 2.05) is 24.3 Å². The summed E-state index contributed by atoms with van der Waals surface area (Å²) in [5.74, 6) is 1.24. The zero-order valence-electron chi connectivity index (χ0n) is 19.2. The molecule has 0 aliphatic heterocycles. The van der Waals surface area contributed by atoms with Gasteiger partial charge < -0.3 is 20.9 Å². The number of nitrogens with one attached hydrogen (secondary N) is 4. The Morgan fingerprint density at radius 2 is 1.68 bits per heavy atom. The van der Waals surface area contributed by atoms with Gasteiger partial charge in [0.2, 0.25) is 0 Å². The number of carbonyl (C=O) groups is 1. The molecule has 8 nitrogen and oxygen atoms in total. The third-order valence-corrected chi connectivity index (χ3v) is 5.46. The van der Waals surface area contributed by atoms with Crippen LogP contribution in [0.4, 0.5) is 35.2 Å². The summed E-state index contributed by atoms with van der Waals surface area (Å²) in [7, 11) is 0. The van der Waals surface area contributed by atoms with Gasteiger partial charge in [0.25, 0.3) is 0 Å². The SMILES string of the molecule is O=C(Nc1cccc(C(F)(F)F)c1)Nc1ccc2nc(-c3cccnc3NCc3ccncc3)[nH]c2c1. The number of imidazole rings is 1. The van der Waals surface area contributed by atoms with Crippen molar-refractivity contribution in [2.24, 2.45) is 0 Å². The lowest BCUT2D eigenvalue weighted by Gasteiger charge is -2.10. The van der Waals surface area contributed by atoms with Crippen LogP contribution in [0, 0.1) is 0 Å². The topological polar surface area (TPSA) is 108 Å². The summed E-state index contributed by atoms with van der Waals surface area (Å²) >= 11 is 0. The van der Waals surface area contributed by atoms with E-state index in [0.29, 0.717) is 34.9 Å². The molecule has 0 saturated heterocycles. The van der Waals surface area contributed by atoms with E-state index in [2.05, 4.69) is 35.9 Å². The van der Waals surface area contributed by atoms with E-state index in [1.54, 1.807) is 36.8 Å². The molecule has 2 amide bonds. The van der Waals surface area contributed by atoms with Crippen LogP contribution in [0.25, 0.3) is 22.4 Å². The summed E-state index contributed by atoms with van der Waals surface area (Å²) in [6.07, 6.45) is 0.633. The fourth-order valence-corrected chi connectivity index (χ4v) is 3.71. The van der Waals surface area contributed by atoms with Crippen LogP contribution in [0.1, 0.15) is 11.1 Å². The maximum absolute atomic E-state index is 12.9. The Labute approximate surface area is 209 Å². The van der Waals surface area contributed by atoms with E-state index in [4.69, 9.17) is 0 Å². The van der Waals surface area contributed by atoms with Crippen LogP contribution in [0.15, 0.2) is 85.3 Å². The Morgan fingerprint density at radius 1 is 0.892 bits per heavy atom. The zero-order chi connectivity index (χ0) is 25.8. The van der Waals surface area contributed by atoms with Crippen molar-refractivity contribution >= 4 is 34.3 Å². The molecular formula is C26H20F3N7O. The van der Waals surface area contributed by atoms with E-state index in [-0.39, 0.29) is 5.69 Å². The molecule has 5 aromatic rings. The van der Waals surface area contributed by atoms with Crippen molar-refractivity contribution in [3.05, 3.63) is 96.4 Å². The molecule has 0 saturated carbocycles. The standard InChI is InChI=1S/C26H20F3N7O/c27-26(28,29)17-3-1-4-18(13-17)33-25(37)34-19-6-7-21-22(14-19)36-24(35-21)20-5-2-10-31-23(20)32-15-16-8-11-30-12-9-16/h1-14H,15H2,(H,31,32)(H,35,36)(H2,33,34,37). The molecule has 0 aliphatic carbocycles. The van der Waals surface area contributed by atoms with Gasteiger partial charge in [0.1, 0.15) is 11.6 Å². The number of hydrogen-bond acceptors (Lipinski definition) is 5. The number of alkyl halides is 3. The summed E-state index contributed by atoms with van der Waals surface area (Å²) in [5.41, 5.74) is 2.77. The number of fused-ring (bicyclic) bond motifs is 1. The molecule has 5 rings (SSSR count). The van der Waals surface area contributed by atoms with Crippen LogP contribution < -0.4 is 16.0 Å². The van der Waals surface area contributed by atoms with Crippen molar-refractivity contribution < 1.29 is 18.0 Å². The third-order valence-electron chi connectivity index (χ3n) is 5.46. The van der Waals surface area contributed by atoms with Crippen molar-refractivity contribution in [3.8, 4) is 11.4 Å². The number of aromatic nitrogens is 4. The number of urea groups is 1. The monoisotopic (exact) mass is 503 g/mol. The van der Waals surface area contributed by atoms with E-state index in [9.17, 15) is 18.0 Å². The molecule has 3 aromatic heterocycles. The molecule has 4 N–H and O–H groups in total. The quantitative estimate of drug-likeness (QED) is 0.218. The molecule has 37 heavy (non-hydrogen) atoms. The van der Waals surface area contributed by atoms with Gasteiger partial charge in [-0.3, -0.25) is 4.98 Å². The summed E-state index contributed by atoms with van der Waals surface area (Å²) in [6.45, 7) is 0.557. The van der Waals surface area contributed by atoms with Crippen LogP contribution >= 0.6 is 0 Å². The first-order chi connectivity index (χ1) is 17.8. The number of nitrogens with zero attached hydrogens (tertiary/aromatic N) is 3. The maximum Gasteiger partial charge on any atom is 0.416 e. The van der Waals surface area contributed by atoms with E-state index in [0.717, 1.165) is 23.3 Å². The highest BCUT2D eigenvalue weighted by Gasteiger charge is 2.30. The molecule has 186 valence electrons. The van der Waals surface area contributed by atoms with Crippen molar-refractivity contribution in [2.45, 2.75) is 12.7 Å². The van der Waals surface area contributed by atoms with Crippen LogP contribution in [-0.2, 0) is 12.7 Å². The van der Waals surface area contributed by atoms with Gasteiger partial charge in [-0.2, -0.15) is 13.2 Å². The summed E-state index contributed by atoms with van der Waals surface area (Å²) in [4.78, 5) is 28.7. The zero-order valence-corrected chi connectivity index (χ0v) is 19.2. The highest BCUT2D eigenvalue weighted by Crippen LogP contribution is 2.31. The largest absolute Gasteiger partial charge is 0.416 e. The van der Waals surface area contributed by atoms with Gasteiger partial charge in [-0.15, -0.1) is 0 Å². The van der Waals surface area contributed by atoms with E-state index >= 15 is 0 Å². The molecule has 0 atom stereocenters. The summed E-state index contributed by atoms with van der Waals surface area (Å²) in [5, 5.41) is 8.36. The predicted molar refractivity (Wildman–Crippen MR) is 135 cm³/mol. The minimum absolute atomic E-state index is 0.0283. The average molecular weight is 503 g/mol. The van der Waals surface area contributed by atoms with Crippen molar-refractivity contribution in [1.29, 1.82) is 0 Å². The van der Waals surface area contributed by atoms with Gasteiger partial charge in [-0.25, -0.2) is 14.8 Å². The molecule has 0 bridgehead atoms. The second kappa shape index (κ2) is 9.97. The summed E-state index contributed by atoms with van der Waals surface area (Å²) < 4.78 is 38.8. The molecule has 0 fully saturated rings. The average Bonchev–Trinajstić information content (AvgIpc) is 3.31. The smallest absolute Gasteiger partial charge is 0.365 e. The van der Waals surface area contributed by atoms with E-state index in [1.165, 1.54) is 12.1 Å². The van der Waals surface area contributed by atoms with Crippen LogP contribution in [0.5, 0.6) is 0 Å². The van der Waals surface area contributed by atoms with Gasteiger partial charge in [0.05, 0.1) is 22.2 Å². The van der Waals surface area contributed by atoms with Gasteiger partial charge in [-0.1, -0.05) is 6.07 Å². The molecule has 2 aromatic carbocycles. The first kappa shape index (κ1) is 23.8. The number of H-pyrrole nitrogens is 1. The molecule has 0 radical (unpaired) electrons. The molecule has 0 spiro atoms. The second-order valence-corrected chi connectivity index (χ2v) is 8.08. The fourth-order valence-electron chi connectivity index (χ4n) is 3.71. The van der Waals surface area contributed by atoms with E-state index < -0.39 is 17.8 Å². The van der Waals surface area contributed by atoms with Gasteiger partial charge >= 0.3 is 12.2 Å². The van der Waals surface area contributed by atoms with Gasteiger partial charge in [0.15, 0.2) is 0 Å². The minimum atomic E-state index is -4.50. The third kappa shape index (κ3) is 5.67. The molecular weight excluding hydrogens is 483 g/mol. The van der Waals surface area contributed by atoms with Crippen LogP contribution in [0.2, 0.25) is 0 Å². The highest BCUT2D eigenvalue weighted by atomic mass is 19.4. The highest BCUT2D eigenvalue weighted by molar-refractivity contribution is 6.01. The van der Waals surface area contributed by atoms with Crippen molar-refractivity contribution in [1.82, 2.24) is 19.9 Å². The number of pyridine rings is 2. The lowest BCUT2D eigenvalue weighted by molar-refractivity contribution is -0.137. The number of amides is 2. The maximum atomic E-state index is 12.9. The first-order valence-electron chi connectivity index (χ1n) is 11.2. The van der Waals surface area contributed by atoms with Crippen LogP contribution in [-0.4, -0.2) is 26.0 Å². The van der Waals surface area contributed by atoms with Crippen molar-refractivity contribution in [3.63, 3.8) is 0 Å². The lowest BCUT2D eigenvalue weighted by atomic mass is 10.2. The number of halogens is 3. The molecule has 11 heteroatoms. The Morgan fingerprint density at radius 3 is 2.46 bits per heavy atom. The number of benzene rings is 2. The normalized spacial score (nSPS) is 11.3. The summed E-state index contributed by atoms with van der Waals surface area (Å²) in [6, 6.07) is 16.4. The molecule has 3 heterocycles. The molecule has 0 aliphatic rings. The number of rotatable bonds is 6. The van der Waals surface area contributed by atoms with Gasteiger partial charge in [0, 0.05) is 36.5 Å². The number of anilines is 3. The number of hydrogen-bond donors (Lipinski definition) is 4. The lowest BCUT2D eigenvalue weighted by Crippen LogP contribution is -2.19. The molecule has 0 unspecified atom stereocenters. The fraction of sp³-hybridized carbons (Fsp3) is 0.0769. The Bertz CT molecular complexity index is 1550. The van der Waals surface area contributed by atoms with Crippen LogP contribution in [0.3, 0.4) is 0 Å². The Hall–Kier alpha value is -4.93. The van der Waals surface area contributed by atoms with Crippen molar-refractivity contribution in [2.75, 3.05) is 16.0 Å². The number of carbonyl (C=O) groups excluding carboxylic acids is 1.